The predicted molar refractivity (Wildman–Crippen MR) is 139 cm³/mol. The number of Topliss-reactive ketones (excluding diaryl/α,β-unsaturated/α-hetero) is 2. The molecule has 2 nitrogen and oxygen atoms in total. The fourth-order valence-corrected chi connectivity index (χ4v) is 5.06. The number of hydrogen-bond donors (Lipinski definition) is 0. The highest BCUT2D eigenvalue weighted by molar-refractivity contribution is 6.20. The Balaban J connectivity index is 1.71. The van der Waals surface area contributed by atoms with Crippen molar-refractivity contribution < 1.29 is 9.59 Å². The number of carbonyl (C=O) groups is 2. The van der Waals surface area contributed by atoms with E-state index in [-0.39, 0.29) is 23.4 Å². The smallest absolute Gasteiger partial charge is 0.174 e. The average molecular weight is 439 g/mol. The molecule has 162 valence electrons. The molecule has 0 saturated heterocycles. The van der Waals surface area contributed by atoms with Crippen LogP contribution < -0.4 is 0 Å². The van der Waals surface area contributed by atoms with Crippen LogP contribution in [0.1, 0.15) is 20.7 Å². The lowest BCUT2D eigenvalue weighted by Gasteiger charge is -2.20. The van der Waals surface area contributed by atoms with Crippen LogP contribution in [0.25, 0.3) is 32.7 Å². The molecule has 0 fully saturated rings. The van der Waals surface area contributed by atoms with Crippen molar-refractivity contribution in [1.82, 2.24) is 0 Å². The van der Waals surface area contributed by atoms with Crippen molar-refractivity contribution in [3.05, 3.63) is 133 Å². The molecule has 4 aromatic rings. The SMILES string of the molecule is O=C(c1ccc2ccccc2c1-c1c(C(=O)C2C=CC=C2)ccc2ccccc12)C1C=CC=C1. The van der Waals surface area contributed by atoms with Crippen LogP contribution in [0.4, 0.5) is 0 Å². The molecule has 34 heavy (non-hydrogen) atoms. The van der Waals surface area contributed by atoms with Gasteiger partial charge >= 0.3 is 0 Å². The maximum Gasteiger partial charge on any atom is 0.174 e. The number of hydrogen-bond acceptors (Lipinski definition) is 2. The minimum Gasteiger partial charge on any atom is -0.293 e. The van der Waals surface area contributed by atoms with Gasteiger partial charge in [-0.2, -0.15) is 0 Å². The van der Waals surface area contributed by atoms with Crippen molar-refractivity contribution in [2.24, 2.45) is 11.8 Å². The number of ketones is 2. The van der Waals surface area contributed by atoms with Gasteiger partial charge in [-0.3, -0.25) is 9.59 Å². The van der Waals surface area contributed by atoms with E-state index in [2.05, 4.69) is 12.1 Å². The number of allylic oxidation sites excluding steroid dienone is 8. The zero-order valence-corrected chi connectivity index (χ0v) is 18.5. The van der Waals surface area contributed by atoms with Crippen LogP contribution >= 0.6 is 0 Å². The van der Waals surface area contributed by atoms with Crippen molar-refractivity contribution >= 4 is 33.1 Å². The Kier molecular flexibility index (Phi) is 4.92. The molecule has 2 aliphatic rings. The van der Waals surface area contributed by atoms with Crippen LogP contribution in [0, 0.1) is 11.8 Å². The lowest BCUT2D eigenvalue weighted by Crippen LogP contribution is -2.14. The maximum absolute atomic E-state index is 13.7. The molecule has 0 aromatic heterocycles. The van der Waals surface area contributed by atoms with Crippen LogP contribution in [0.3, 0.4) is 0 Å². The number of fused-ring (bicyclic) bond motifs is 2. The van der Waals surface area contributed by atoms with Gasteiger partial charge in [0.2, 0.25) is 0 Å². The van der Waals surface area contributed by atoms with Crippen LogP contribution in [0.5, 0.6) is 0 Å². The van der Waals surface area contributed by atoms with Crippen molar-refractivity contribution in [2.75, 3.05) is 0 Å². The molecule has 0 heterocycles. The first kappa shape index (κ1) is 20.3. The van der Waals surface area contributed by atoms with Crippen molar-refractivity contribution in [1.29, 1.82) is 0 Å². The topological polar surface area (TPSA) is 34.1 Å². The lowest BCUT2D eigenvalue weighted by molar-refractivity contribution is 0.0957. The van der Waals surface area contributed by atoms with E-state index in [0.29, 0.717) is 11.1 Å². The van der Waals surface area contributed by atoms with Crippen molar-refractivity contribution in [3.8, 4) is 11.1 Å². The zero-order valence-electron chi connectivity index (χ0n) is 18.5. The molecular weight excluding hydrogens is 416 g/mol. The highest BCUT2D eigenvalue weighted by atomic mass is 16.1. The van der Waals surface area contributed by atoms with Gasteiger partial charge in [0.1, 0.15) is 0 Å². The van der Waals surface area contributed by atoms with Crippen LogP contribution in [0.2, 0.25) is 0 Å². The molecule has 6 rings (SSSR count). The molecule has 0 bridgehead atoms. The summed E-state index contributed by atoms with van der Waals surface area (Å²) < 4.78 is 0. The Hall–Kier alpha value is -4.30. The summed E-state index contributed by atoms with van der Waals surface area (Å²) in [5.74, 6) is -0.514. The molecule has 0 radical (unpaired) electrons. The highest BCUT2D eigenvalue weighted by Gasteiger charge is 2.27. The molecule has 4 aromatic carbocycles. The third-order valence-electron chi connectivity index (χ3n) is 6.74. The second-order valence-corrected chi connectivity index (χ2v) is 8.74. The molecule has 0 amide bonds. The van der Waals surface area contributed by atoms with Gasteiger partial charge in [-0.1, -0.05) is 121 Å². The van der Waals surface area contributed by atoms with E-state index in [1.165, 1.54) is 0 Å². The summed E-state index contributed by atoms with van der Waals surface area (Å²) in [6.07, 6.45) is 15.3. The third-order valence-corrected chi connectivity index (χ3v) is 6.74. The number of rotatable bonds is 5. The summed E-state index contributed by atoms with van der Waals surface area (Å²) in [5, 5.41) is 4.03. The first-order valence-corrected chi connectivity index (χ1v) is 11.5. The molecule has 2 aliphatic carbocycles. The van der Waals surface area contributed by atoms with E-state index in [1.807, 2.05) is 109 Å². The Morgan fingerprint density at radius 1 is 0.471 bits per heavy atom. The standard InChI is InChI=1S/C32H22O2/c33-31(23-11-1-2-12-23)27-19-17-21-9-5-7-15-25(21)29(27)30-26-16-8-6-10-22(26)18-20-28(30)32(34)24-13-3-4-14-24/h1-20,23-24H. The number of carbonyl (C=O) groups excluding carboxylic acids is 2. The first-order valence-electron chi connectivity index (χ1n) is 11.5. The van der Waals surface area contributed by atoms with Gasteiger partial charge in [-0.15, -0.1) is 0 Å². The summed E-state index contributed by atoms with van der Waals surface area (Å²) in [7, 11) is 0. The van der Waals surface area contributed by atoms with E-state index in [0.717, 1.165) is 32.7 Å². The Morgan fingerprint density at radius 3 is 1.26 bits per heavy atom. The van der Waals surface area contributed by atoms with Gasteiger partial charge < -0.3 is 0 Å². The Bertz CT molecular complexity index is 1450. The quantitative estimate of drug-likeness (QED) is 0.302. The van der Waals surface area contributed by atoms with E-state index < -0.39 is 0 Å². The van der Waals surface area contributed by atoms with Gasteiger partial charge in [0.25, 0.3) is 0 Å². The molecule has 0 N–H and O–H groups in total. The third kappa shape index (κ3) is 3.27. The van der Waals surface area contributed by atoms with E-state index in [4.69, 9.17) is 0 Å². The van der Waals surface area contributed by atoms with Gasteiger partial charge in [0.15, 0.2) is 11.6 Å². The van der Waals surface area contributed by atoms with Crippen molar-refractivity contribution in [3.63, 3.8) is 0 Å². The largest absolute Gasteiger partial charge is 0.293 e. The molecular formula is C32H22O2. The van der Waals surface area contributed by atoms with Gasteiger partial charge in [-0.05, 0) is 21.5 Å². The predicted octanol–water partition coefficient (Wildman–Crippen LogP) is 7.51. The van der Waals surface area contributed by atoms with Crippen molar-refractivity contribution in [2.45, 2.75) is 0 Å². The zero-order chi connectivity index (χ0) is 23.1. The van der Waals surface area contributed by atoms with Gasteiger partial charge in [0.05, 0.1) is 11.8 Å². The average Bonchev–Trinajstić information content (AvgIpc) is 3.62. The summed E-state index contributed by atoms with van der Waals surface area (Å²) in [4.78, 5) is 27.5. The highest BCUT2D eigenvalue weighted by Crippen LogP contribution is 2.41. The van der Waals surface area contributed by atoms with E-state index in [9.17, 15) is 9.59 Å². The van der Waals surface area contributed by atoms with Crippen LogP contribution in [0.15, 0.2) is 121 Å². The van der Waals surface area contributed by atoms with E-state index in [1.54, 1.807) is 0 Å². The van der Waals surface area contributed by atoms with Crippen LogP contribution in [-0.2, 0) is 0 Å². The fraction of sp³-hybridized carbons (Fsp3) is 0.0625. The minimum absolute atomic E-state index is 0.0396. The molecule has 0 aliphatic heterocycles. The summed E-state index contributed by atoms with van der Waals surface area (Å²) in [6, 6.07) is 24.0. The van der Waals surface area contributed by atoms with E-state index >= 15 is 0 Å². The maximum atomic E-state index is 13.7. The van der Waals surface area contributed by atoms with Crippen LogP contribution in [-0.4, -0.2) is 11.6 Å². The molecule has 0 spiro atoms. The number of benzene rings is 4. The summed E-state index contributed by atoms with van der Waals surface area (Å²) >= 11 is 0. The second kappa shape index (κ2) is 8.24. The fourth-order valence-electron chi connectivity index (χ4n) is 5.06. The van der Waals surface area contributed by atoms with Gasteiger partial charge in [0, 0.05) is 22.3 Å². The molecule has 0 saturated carbocycles. The Morgan fingerprint density at radius 2 is 0.853 bits per heavy atom. The van der Waals surface area contributed by atoms with Gasteiger partial charge in [-0.25, -0.2) is 0 Å². The summed E-state index contributed by atoms with van der Waals surface area (Å²) in [5.41, 5.74) is 2.96. The first-order chi connectivity index (χ1) is 16.7. The molecule has 0 unspecified atom stereocenters. The lowest BCUT2D eigenvalue weighted by atomic mass is 9.82. The summed E-state index contributed by atoms with van der Waals surface area (Å²) in [6.45, 7) is 0. The Labute approximate surface area is 198 Å². The second-order valence-electron chi connectivity index (χ2n) is 8.74. The minimum atomic E-state index is -0.297. The monoisotopic (exact) mass is 438 g/mol. The molecule has 2 heteroatoms. The molecule has 0 atom stereocenters. The normalized spacial score (nSPS) is 15.2.